The van der Waals surface area contributed by atoms with E-state index in [4.69, 9.17) is 0 Å². The van der Waals surface area contributed by atoms with E-state index in [1.807, 2.05) is 31.4 Å². The van der Waals surface area contributed by atoms with Gasteiger partial charge in [-0.2, -0.15) is 11.8 Å². The maximum atomic E-state index is 11.8. The van der Waals surface area contributed by atoms with Crippen LogP contribution >= 0.6 is 23.5 Å². The summed E-state index contributed by atoms with van der Waals surface area (Å²) >= 11 is 3.17. The molecule has 0 fully saturated rings. The van der Waals surface area contributed by atoms with Crippen LogP contribution in [0.25, 0.3) is 0 Å². The molecule has 0 N–H and O–H groups in total. The Morgan fingerprint density at radius 1 is 1.26 bits per heavy atom. The van der Waals surface area contributed by atoms with Gasteiger partial charge in [-0.05, 0) is 35.5 Å². The lowest BCUT2D eigenvalue weighted by Gasteiger charge is -2.08. The first-order valence-electron chi connectivity index (χ1n) is 5.96. The van der Waals surface area contributed by atoms with Gasteiger partial charge in [0, 0.05) is 12.0 Å². The van der Waals surface area contributed by atoms with Gasteiger partial charge in [0.25, 0.3) is 0 Å². The number of aromatic nitrogens is 2. The van der Waals surface area contributed by atoms with Gasteiger partial charge in [-0.1, -0.05) is 30.3 Å². The van der Waals surface area contributed by atoms with E-state index in [1.165, 1.54) is 17.3 Å². The monoisotopic (exact) mass is 292 g/mol. The van der Waals surface area contributed by atoms with Gasteiger partial charge >= 0.3 is 5.16 Å². The van der Waals surface area contributed by atoms with Crippen LogP contribution in [0.4, 0.5) is 0 Å². The molecule has 0 radical (unpaired) electrons. The molecule has 0 aliphatic carbocycles. The summed E-state index contributed by atoms with van der Waals surface area (Å²) in [5, 5.41) is 13.1. The quantitative estimate of drug-likeness (QED) is 0.279. The Morgan fingerprint density at radius 2 is 2.00 bits per heavy atom. The topological polar surface area (TPSA) is 39.8 Å². The van der Waals surface area contributed by atoms with Crippen LogP contribution in [0.5, 0.6) is 0 Å². The predicted octanol–water partition coefficient (Wildman–Crippen LogP) is 3.03. The Bertz CT molecular complexity index is 547. The molecule has 3 nitrogen and oxygen atoms in total. The summed E-state index contributed by atoms with van der Waals surface area (Å²) < 4.78 is 0.866. The Balaban J connectivity index is 2.24. The van der Waals surface area contributed by atoms with Crippen molar-refractivity contribution in [2.45, 2.75) is 18.5 Å². The van der Waals surface area contributed by atoms with Crippen LogP contribution < -0.4 is 4.73 Å². The summed E-state index contributed by atoms with van der Waals surface area (Å²) in [5.74, 6) is 0. The molecule has 0 saturated heterocycles. The number of nitrogens with zero attached hydrogens (tertiary/aromatic N) is 2. The zero-order valence-electron chi connectivity index (χ0n) is 11.0. The van der Waals surface area contributed by atoms with Crippen molar-refractivity contribution in [3.8, 4) is 0 Å². The van der Waals surface area contributed by atoms with E-state index in [-0.39, 0.29) is 0 Å². The second-order valence-corrected chi connectivity index (χ2v) is 6.37. The Kier molecular flexibility index (Phi) is 5.10. The van der Waals surface area contributed by atoms with Crippen molar-refractivity contribution in [1.82, 2.24) is 4.98 Å². The molecular weight excluding hydrogens is 276 g/mol. The van der Waals surface area contributed by atoms with E-state index >= 15 is 0 Å². The molecule has 0 saturated carbocycles. The maximum Gasteiger partial charge on any atom is 0.363 e. The van der Waals surface area contributed by atoms with Gasteiger partial charge in [-0.15, -0.1) is 0 Å². The highest BCUT2D eigenvalue weighted by molar-refractivity contribution is 8.15. The highest BCUT2D eigenvalue weighted by Crippen LogP contribution is 2.18. The second-order valence-electron chi connectivity index (χ2n) is 4.19. The average molecular weight is 292 g/mol. The summed E-state index contributed by atoms with van der Waals surface area (Å²) in [4.78, 5) is 4.50. The number of thioether (sulfide) groups is 2. The molecule has 19 heavy (non-hydrogen) atoms. The van der Waals surface area contributed by atoms with E-state index < -0.39 is 0 Å². The van der Waals surface area contributed by atoms with E-state index in [1.54, 1.807) is 18.0 Å². The third-order valence-corrected chi connectivity index (χ3v) is 4.65. The van der Waals surface area contributed by atoms with E-state index in [9.17, 15) is 5.21 Å². The predicted molar refractivity (Wildman–Crippen MR) is 81.4 cm³/mol. The third-order valence-electron chi connectivity index (χ3n) is 2.71. The fraction of sp³-hybridized carbons (Fsp3) is 0.286. The van der Waals surface area contributed by atoms with E-state index in [2.05, 4.69) is 17.1 Å². The van der Waals surface area contributed by atoms with Crippen molar-refractivity contribution in [3.05, 3.63) is 58.6 Å². The van der Waals surface area contributed by atoms with Crippen LogP contribution in [0, 0.1) is 12.1 Å². The summed E-state index contributed by atoms with van der Waals surface area (Å²) in [6.07, 6.45) is 4.40. The molecule has 2 rings (SSSR count). The summed E-state index contributed by atoms with van der Waals surface area (Å²) in [6, 6.07) is 10.2. The molecular formula is C14H16N2OS2. The minimum Gasteiger partial charge on any atom is -0.710 e. The SMILES string of the molecule is CSCSc1nc(Cc2ccccc2)c(C)c[n+]1[O-]. The van der Waals surface area contributed by atoms with Crippen molar-refractivity contribution in [2.75, 3.05) is 11.3 Å². The first kappa shape index (κ1) is 14.2. The normalized spacial score (nSPS) is 10.6. The molecule has 0 spiro atoms. The molecule has 5 heteroatoms. The molecule has 0 aliphatic heterocycles. The van der Waals surface area contributed by atoms with Gasteiger partial charge in [0.15, 0.2) is 5.69 Å². The van der Waals surface area contributed by atoms with Crippen LogP contribution in [-0.2, 0) is 6.42 Å². The lowest BCUT2D eigenvalue weighted by molar-refractivity contribution is -0.651. The molecule has 1 aromatic carbocycles. The molecule has 0 unspecified atom stereocenters. The molecule has 0 atom stereocenters. The van der Waals surface area contributed by atoms with Crippen LogP contribution in [0.1, 0.15) is 16.8 Å². The smallest absolute Gasteiger partial charge is 0.363 e. The number of benzene rings is 1. The Hall–Kier alpha value is -1.20. The van der Waals surface area contributed by atoms with Crippen LogP contribution in [0.2, 0.25) is 0 Å². The minimum absolute atomic E-state index is 0.533. The standard InChI is InChI=1S/C14H16N2OS2/c1-11-9-16(17)14(19-10-18-2)15-13(11)8-12-6-4-3-5-7-12/h3-7,9H,8,10H2,1-2H3. The molecule has 1 heterocycles. The maximum absolute atomic E-state index is 11.8. The van der Waals surface area contributed by atoms with Gasteiger partial charge in [-0.25, -0.2) is 4.73 Å². The van der Waals surface area contributed by atoms with Crippen molar-refractivity contribution < 1.29 is 4.73 Å². The molecule has 0 bridgehead atoms. The van der Waals surface area contributed by atoms with Gasteiger partial charge < -0.3 is 5.21 Å². The van der Waals surface area contributed by atoms with Crippen LogP contribution in [-0.4, -0.2) is 16.3 Å². The minimum atomic E-state index is 0.533. The van der Waals surface area contributed by atoms with E-state index in [0.717, 1.165) is 27.5 Å². The van der Waals surface area contributed by atoms with Gasteiger partial charge in [0.2, 0.25) is 0 Å². The van der Waals surface area contributed by atoms with Gasteiger partial charge in [0.1, 0.15) is 6.20 Å². The lowest BCUT2D eigenvalue weighted by atomic mass is 10.1. The molecule has 1 aromatic heterocycles. The zero-order valence-corrected chi connectivity index (χ0v) is 12.6. The fourth-order valence-corrected chi connectivity index (χ4v) is 2.98. The number of rotatable bonds is 5. The van der Waals surface area contributed by atoms with Crippen molar-refractivity contribution in [2.24, 2.45) is 0 Å². The Labute approximate surface area is 122 Å². The first-order valence-corrected chi connectivity index (χ1v) is 8.34. The summed E-state index contributed by atoms with van der Waals surface area (Å²) in [5.41, 5.74) is 3.12. The average Bonchev–Trinajstić information content (AvgIpc) is 2.42. The lowest BCUT2D eigenvalue weighted by Crippen LogP contribution is -2.31. The molecule has 0 amide bonds. The highest BCUT2D eigenvalue weighted by Gasteiger charge is 2.15. The summed E-state index contributed by atoms with van der Waals surface area (Å²) in [7, 11) is 0. The molecule has 100 valence electrons. The molecule has 0 aliphatic rings. The summed E-state index contributed by atoms with van der Waals surface area (Å²) in [6.45, 7) is 1.93. The number of hydrogen-bond donors (Lipinski definition) is 0. The molecule has 2 aromatic rings. The number of hydrogen-bond acceptors (Lipinski definition) is 4. The second kappa shape index (κ2) is 6.82. The number of aryl methyl sites for hydroxylation is 1. The fourth-order valence-electron chi connectivity index (χ4n) is 1.73. The van der Waals surface area contributed by atoms with E-state index in [0.29, 0.717) is 5.16 Å². The van der Waals surface area contributed by atoms with Crippen molar-refractivity contribution in [3.63, 3.8) is 0 Å². The zero-order chi connectivity index (χ0) is 13.7. The van der Waals surface area contributed by atoms with Crippen molar-refractivity contribution in [1.29, 1.82) is 0 Å². The Morgan fingerprint density at radius 3 is 2.68 bits per heavy atom. The van der Waals surface area contributed by atoms with Crippen LogP contribution in [0.15, 0.2) is 41.7 Å². The highest BCUT2D eigenvalue weighted by atomic mass is 32.2. The first-order chi connectivity index (χ1) is 9.20. The third kappa shape index (κ3) is 3.88. The largest absolute Gasteiger partial charge is 0.710 e. The van der Waals surface area contributed by atoms with Gasteiger partial charge in [-0.3, -0.25) is 0 Å². The van der Waals surface area contributed by atoms with Crippen LogP contribution in [0.3, 0.4) is 0 Å². The van der Waals surface area contributed by atoms with Gasteiger partial charge in [0.05, 0.1) is 5.08 Å². The van der Waals surface area contributed by atoms with Crippen molar-refractivity contribution >= 4 is 23.5 Å².